The van der Waals surface area contributed by atoms with Crippen molar-refractivity contribution in [3.63, 3.8) is 0 Å². The zero-order chi connectivity index (χ0) is 9.14. The van der Waals surface area contributed by atoms with Gasteiger partial charge in [0, 0.05) is 6.07 Å². The molecule has 0 amide bonds. The average Bonchev–Trinajstić information content (AvgIpc) is 2.35. The molecule has 0 aliphatic heterocycles. The molecule has 1 rings (SSSR count). The lowest BCUT2D eigenvalue weighted by molar-refractivity contribution is -0.137. The Bertz CT molecular complexity index is 282. The first-order valence-electron chi connectivity index (χ1n) is 3.52. The highest BCUT2D eigenvalue weighted by Gasteiger charge is 2.11. The van der Waals surface area contributed by atoms with Crippen LogP contribution in [0.15, 0.2) is 10.6 Å². The van der Waals surface area contributed by atoms with E-state index >= 15 is 0 Å². The van der Waals surface area contributed by atoms with E-state index in [1.807, 2.05) is 0 Å². The minimum Gasteiger partial charge on any atom is -0.480 e. The fraction of sp³-hybridized carbons (Fsp3) is 0.429. The lowest BCUT2D eigenvalue weighted by Crippen LogP contribution is -2.25. The maximum Gasteiger partial charge on any atom is 0.325 e. The van der Waals surface area contributed by atoms with E-state index in [1.54, 1.807) is 13.0 Å². The number of nitrogens with zero attached hydrogens (tertiary/aromatic N) is 1. The summed E-state index contributed by atoms with van der Waals surface area (Å²) in [6.07, 6.45) is 0. The lowest BCUT2D eigenvalue weighted by Gasteiger charge is -2.05. The molecular formula is C7H10N2O3. The molecule has 0 aliphatic carbocycles. The second kappa shape index (κ2) is 3.25. The molecule has 0 unspecified atom stereocenters. The van der Waals surface area contributed by atoms with Crippen molar-refractivity contribution in [3.8, 4) is 0 Å². The molecule has 1 heterocycles. The van der Waals surface area contributed by atoms with E-state index < -0.39 is 12.0 Å². The van der Waals surface area contributed by atoms with Crippen LogP contribution in [-0.2, 0) is 4.79 Å². The van der Waals surface area contributed by atoms with Gasteiger partial charge in [0.25, 0.3) is 0 Å². The van der Waals surface area contributed by atoms with Crippen molar-refractivity contribution in [1.29, 1.82) is 0 Å². The van der Waals surface area contributed by atoms with Gasteiger partial charge in [-0.25, -0.2) is 0 Å². The number of aliphatic carboxylic acids is 1. The van der Waals surface area contributed by atoms with Crippen molar-refractivity contribution in [2.45, 2.75) is 19.9 Å². The predicted molar refractivity (Wildman–Crippen MR) is 42.0 cm³/mol. The average molecular weight is 170 g/mol. The van der Waals surface area contributed by atoms with Gasteiger partial charge in [-0.05, 0) is 13.8 Å². The van der Waals surface area contributed by atoms with Crippen LogP contribution in [0.1, 0.15) is 12.7 Å². The van der Waals surface area contributed by atoms with Crippen LogP contribution in [0.3, 0.4) is 0 Å². The molecule has 0 aliphatic rings. The fourth-order valence-electron chi connectivity index (χ4n) is 0.718. The van der Waals surface area contributed by atoms with Gasteiger partial charge in [0.2, 0.25) is 0 Å². The molecule has 1 aromatic rings. The van der Waals surface area contributed by atoms with Crippen LogP contribution in [-0.4, -0.2) is 22.3 Å². The van der Waals surface area contributed by atoms with Gasteiger partial charge in [0.1, 0.15) is 11.8 Å². The number of hydrogen-bond acceptors (Lipinski definition) is 4. The second-order valence-electron chi connectivity index (χ2n) is 2.53. The molecule has 0 bridgehead atoms. The van der Waals surface area contributed by atoms with E-state index in [1.165, 1.54) is 6.92 Å². The van der Waals surface area contributed by atoms with Crippen LogP contribution < -0.4 is 5.32 Å². The summed E-state index contributed by atoms with van der Waals surface area (Å²) in [5.74, 6) is 0.174. The molecule has 12 heavy (non-hydrogen) atoms. The first kappa shape index (κ1) is 8.58. The Labute approximate surface area is 69.4 Å². The number of carbonyl (C=O) groups is 1. The van der Waals surface area contributed by atoms with Crippen LogP contribution in [0.4, 0.5) is 5.82 Å². The third kappa shape index (κ3) is 1.98. The summed E-state index contributed by atoms with van der Waals surface area (Å²) in [6.45, 7) is 3.27. The summed E-state index contributed by atoms with van der Waals surface area (Å²) in [6, 6.07) is 0.980. The highest BCUT2D eigenvalue weighted by Crippen LogP contribution is 2.08. The minimum absolute atomic E-state index is 0.447. The zero-order valence-corrected chi connectivity index (χ0v) is 6.87. The van der Waals surface area contributed by atoms with E-state index in [0.29, 0.717) is 11.6 Å². The Balaban J connectivity index is 2.58. The largest absolute Gasteiger partial charge is 0.480 e. The number of carboxylic acids is 1. The first-order valence-corrected chi connectivity index (χ1v) is 3.52. The van der Waals surface area contributed by atoms with Crippen LogP contribution in [0.25, 0.3) is 0 Å². The van der Waals surface area contributed by atoms with Gasteiger partial charge in [0.15, 0.2) is 5.82 Å². The minimum atomic E-state index is -0.921. The van der Waals surface area contributed by atoms with Gasteiger partial charge in [-0.1, -0.05) is 5.16 Å². The van der Waals surface area contributed by atoms with Crippen LogP contribution in [0.5, 0.6) is 0 Å². The summed E-state index contributed by atoms with van der Waals surface area (Å²) >= 11 is 0. The Kier molecular flexibility index (Phi) is 2.32. The third-order valence-corrected chi connectivity index (χ3v) is 1.36. The topological polar surface area (TPSA) is 75.4 Å². The van der Waals surface area contributed by atoms with Gasteiger partial charge in [-0.15, -0.1) is 0 Å². The van der Waals surface area contributed by atoms with Crippen molar-refractivity contribution in [3.05, 3.63) is 11.8 Å². The normalized spacial score (nSPS) is 12.5. The SMILES string of the molecule is Cc1cc(N[C@@H](C)C(=O)O)no1. The van der Waals surface area contributed by atoms with Gasteiger partial charge >= 0.3 is 5.97 Å². The molecule has 66 valence electrons. The van der Waals surface area contributed by atoms with Crippen molar-refractivity contribution < 1.29 is 14.4 Å². The highest BCUT2D eigenvalue weighted by molar-refractivity contribution is 5.76. The molecule has 0 saturated heterocycles. The number of nitrogens with one attached hydrogen (secondary N) is 1. The number of hydrogen-bond donors (Lipinski definition) is 2. The van der Waals surface area contributed by atoms with E-state index in [2.05, 4.69) is 10.5 Å². The molecule has 0 spiro atoms. The molecule has 0 fully saturated rings. The summed E-state index contributed by atoms with van der Waals surface area (Å²) in [4.78, 5) is 10.4. The highest BCUT2D eigenvalue weighted by atomic mass is 16.5. The van der Waals surface area contributed by atoms with Crippen molar-refractivity contribution in [2.24, 2.45) is 0 Å². The quantitative estimate of drug-likeness (QED) is 0.703. The van der Waals surface area contributed by atoms with E-state index in [-0.39, 0.29) is 0 Å². The zero-order valence-electron chi connectivity index (χ0n) is 6.87. The predicted octanol–water partition coefficient (Wildman–Crippen LogP) is 0.868. The lowest BCUT2D eigenvalue weighted by atomic mass is 10.3. The Morgan fingerprint density at radius 1 is 1.83 bits per heavy atom. The fourth-order valence-corrected chi connectivity index (χ4v) is 0.718. The number of aromatic nitrogens is 1. The van der Waals surface area contributed by atoms with Crippen molar-refractivity contribution in [2.75, 3.05) is 5.32 Å². The summed E-state index contributed by atoms with van der Waals surface area (Å²) < 4.78 is 4.74. The maximum absolute atomic E-state index is 10.4. The first-order chi connectivity index (χ1) is 5.59. The molecule has 1 aromatic heterocycles. The molecule has 0 aromatic carbocycles. The van der Waals surface area contributed by atoms with Crippen molar-refractivity contribution >= 4 is 11.8 Å². The Morgan fingerprint density at radius 3 is 2.92 bits per heavy atom. The van der Waals surface area contributed by atoms with Gasteiger partial charge in [-0.3, -0.25) is 4.79 Å². The standard InChI is InChI=1S/C7H10N2O3/c1-4-3-6(9-12-4)8-5(2)7(10)11/h3,5H,1-2H3,(H,8,9)(H,10,11)/t5-/m0/s1. The van der Waals surface area contributed by atoms with E-state index in [4.69, 9.17) is 9.63 Å². The smallest absolute Gasteiger partial charge is 0.325 e. The third-order valence-electron chi connectivity index (χ3n) is 1.36. The van der Waals surface area contributed by atoms with Gasteiger partial charge < -0.3 is 14.9 Å². The second-order valence-corrected chi connectivity index (χ2v) is 2.53. The maximum atomic E-state index is 10.4. The number of aryl methyl sites for hydroxylation is 1. The molecular weight excluding hydrogens is 160 g/mol. The van der Waals surface area contributed by atoms with Crippen LogP contribution in [0.2, 0.25) is 0 Å². The van der Waals surface area contributed by atoms with Crippen LogP contribution in [0, 0.1) is 6.92 Å². The molecule has 1 atom stereocenters. The summed E-state index contributed by atoms with van der Waals surface area (Å²) in [5.41, 5.74) is 0. The summed E-state index contributed by atoms with van der Waals surface area (Å²) in [7, 11) is 0. The van der Waals surface area contributed by atoms with E-state index in [9.17, 15) is 4.79 Å². The molecule has 0 radical (unpaired) electrons. The number of rotatable bonds is 3. The molecule has 5 nitrogen and oxygen atoms in total. The molecule has 0 saturated carbocycles. The summed E-state index contributed by atoms with van der Waals surface area (Å²) in [5, 5.41) is 14.8. The number of carboxylic acid groups (broad SMARTS) is 1. The van der Waals surface area contributed by atoms with Gasteiger partial charge in [-0.2, -0.15) is 0 Å². The molecule has 5 heteroatoms. The Morgan fingerprint density at radius 2 is 2.50 bits per heavy atom. The van der Waals surface area contributed by atoms with E-state index in [0.717, 1.165) is 0 Å². The van der Waals surface area contributed by atoms with Crippen molar-refractivity contribution in [1.82, 2.24) is 5.16 Å². The van der Waals surface area contributed by atoms with Gasteiger partial charge in [0.05, 0.1) is 0 Å². The molecule has 2 N–H and O–H groups in total. The van der Waals surface area contributed by atoms with Crippen LogP contribution >= 0.6 is 0 Å². The Hall–Kier alpha value is -1.52. The number of anilines is 1. The monoisotopic (exact) mass is 170 g/mol.